The summed E-state index contributed by atoms with van der Waals surface area (Å²) in [6.45, 7) is 3.85. The highest BCUT2D eigenvalue weighted by Gasteiger charge is 2.10. The van der Waals surface area contributed by atoms with Crippen LogP contribution in [0.2, 0.25) is 0 Å². The number of ether oxygens (including phenoxy) is 3. The SMILES string of the molecule is COc1cc(C=NNC(=O)COc2cccc(C)c2C)cc(I)c1OC. The molecule has 2 aromatic carbocycles. The summed E-state index contributed by atoms with van der Waals surface area (Å²) in [6, 6.07) is 9.39. The van der Waals surface area contributed by atoms with Crippen LogP contribution in [0.25, 0.3) is 0 Å². The second-order valence-electron chi connectivity index (χ2n) is 5.52. The predicted molar refractivity (Wildman–Crippen MR) is 109 cm³/mol. The van der Waals surface area contributed by atoms with Gasteiger partial charge in [0.05, 0.1) is 24.0 Å². The molecule has 0 unspecified atom stereocenters. The summed E-state index contributed by atoms with van der Waals surface area (Å²) in [5, 5.41) is 3.96. The van der Waals surface area contributed by atoms with E-state index < -0.39 is 0 Å². The van der Waals surface area contributed by atoms with Gasteiger partial charge < -0.3 is 14.2 Å². The molecule has 2 aromatic rings. The molecule has 0 aromatic heterocycles. The van der Waals surface area contributed by atoms with Crippen molar-refractivity contribution in [2.24, 2.45) is 5.10 Å². The van der Waals surface area contributed by atoms with Crippen molar-refractivity contribution in [2.45, 2.75) is 13.8 Å². The van der Waals surface area contributed by atoms with Crippen molar-refractivity contribution in [3.05, 3.63) is 50.6 Å². The van der Waals surface area contributed by atoms with Crippen LogP contribution in [0.15, 0.2) is 35.4 Å². The summed E-state index contributed by atoms with van der Waals surface area (Å²) in [5.41, 5.74) is 5.36. The Balaban J connectivity index is 1.94. The van der Waals surface area contributed by atoms with E-state index in [1.165, 1.54) is 0 Å². The first-order valence-electron chi connectivity index (χ1n) is 7.88. The average molecular weight is 468 g/mol. The molecule has 0 bridgehead atoms. The van der Waals surface area contributed by atoms with E-state index in [-0.39, 0.29) is 12.5 Å². The van der Waals surface area contributed by atoms with E-state index in [9.17, 15) is 4.79 Å². The number of amides is 1. The van der Waals surface area contributed by atoms with Gasteiger partial charge in [-0.15, -0.1) is 0 Å². The molecule has 1 amide bonds. The Morgan fingerprint density at radius 1 is 1.19 bits per heavy atom. The minimum Gasteiger partial charge on any atom is -0.493 e. The van der Waals surface area contributed by atoms with Crippen LogP contribution in [0.3, 0.4) is 0 Å². The highest BCUT2D eigenvalue weighted by molar-refractivity contribution is 14.1. The first kappa shape index (κ1) is 20.0. The Morgan fingerprint density at radius 3 is 2.65 bits per heavy atom. The van der Waals surface area contributed by atoms with Crippen LogP contribution >= 0.6 is 22.6 Å². The van der Waals surface area contributed by atoms with Crippen LogP contribution in [0.1, 0.15) is 16.7 Å². The second kappa shape index (κ2) is 9.42. The number of nitrogens with one attached hydrogen (secondary N) is 1. The van der Waals surface area contributed by atoms with Gasteiger partial charge >= 0.3 is 0 Å². The van der Waals surface area contributed by atoms with Gasteiger partial charge in [0.1, 0.15) is 5.75 Å². The number of hydrogen-bond donors (Lipinski definition) is 1. The number of hydrazone groups is 1. The van der Waals surface area contributed by atoms with Crippen LogP contribution in [0, 0.1) is 17.4 Å². The number of halogens is 1. The molecule has 0 heterocycles. The summed E-state index contributed by atoms with van der Waals surface area (Å²) >= 11 is 2.15. The largest absolute Gasteiger partial charge is 0.493 e. The molecule has 26 heavy (non-hydrogen) atoms. The van der Waals surface area contributed by atoms with E-state index in [0.29, 0.717) is 17.2 Å². The number of rotatable bonds is 7. The van der Waals surface area contributed by atoms with Gasteiger partial charge in [-0.2, -0.15) is 5.10 Å². The van der Waals surface area contributed by atoms with E-state index >= 15 is 0 Å². The lowest BCUT2D eigenvalue weighted by atomic mass is 10.1. The summed E-state index contributed by atoms with van der Waals surface area (Å²) in [6.07, 6.45) is 1.54. The molecule has 1 N–H and O–H groups in total. The van der Waals surface area contributed by atoms with Gasteiger partial charge in [-0.3, -0.25) is 4.79 Å². The van der Waals surface area contributed by atoms with Crippen molar-refractivity contribution in [3.63, 3.8) is 0 Å². The normalized spacial score (nSPS) is 10.7. The van der Waals surface area contributed by atoms with Gasteiger partial charge in [-0.1, -0.05) is 12.1 Å². The molecule has 2 rings (SSSR count). The summed E-state index contributed by atoms with van der Waals surface area (Å²) in [5.74, 6) is 1.62. The third kappa shape index (κ3) is 5.10. The van der Waals surface area contributed by atoms with Crippen molar-refractivity contribution in [2.75, 3.05) is 20.8 Å². The molecule has 6 nitrogen and oxygen atoms in total. The Kier molecular flexibility index (Phi) is 7.26. The zero-order valence-corrected chi connectivity index (χ0v) is 17.3. The van der Waals surface area contributed by atoms with Crippen LogP contribution in [0.5, 0.6) is 17.2 Å². The molecule has 138 valence electrons. The van der Waals surface area contributed by atoms with Crippen molar-refractivity contribution in [1.82, 2.24) is 5.43 Å². The minimum atomic E-state index is -0.336. The highest BCUT2D eigenvalue weighted by Crippen LogP contribution is 2.33. The fourth-order valence-electron chi connectivity index (χ4n) is 2.25. The third-order valence-electron chi connectivity index (χ3n) is 3.77. The number of benzene rings is 2. The van der Waals surface area contributed by atoms with Crippen LogP contribution in [-0.2, 0) is 4.79 Å². The molecule has 0 aliphatic heterocycles. The van der Waals surface area contributed by atoms with Crippen LogP contribution < -0.4 is 19.6 Å². The second-order valence-corrected chi connectivity index (χ2v) is 6.68. The lowest BCUT2D eigenvalue weighted by molar-refractivity contribution is -0.123. The van der Waals surface area contributed by atoms with Gasteiger partial charge in [0.2, 0.25) is 0 Å². The van der Waals surface area contributed by atoms with E-state index in [2.05, 4.69) is 33.1 Å². The number of methoxy groups -OCH3 is 2. The Labute approximate surface area is 166 Å². The Morgan fingerprint density at radius 2 is 1.96 bits per heavy atom. The maximum Gasteiger partial charge on any atom is 0.277 e. The number of carbonyl (C=O) groups is 1. The molecule has 0 saturated carbocycles. The summed E-state index contributed by atoms with van der Waals surface area (Å²) in [7, 11) is 3.16. The van der Waals surface area contributed by atoms with Gasteiger partial charge in [0.25, 0.3) is 5.91 Å². The minimum absolute atomic E-state index is 0.106. The molecule has 0 fully saturated rings. The first-order valence-corrected chi connectivity index (χ1v) is 8.96. The third-order valence-corrected chi connectivity index (χ3v) is 4.57. The topological polar surface area (TPSA) is 69.2 Å². The van der Waals surface area contributed by atoms with Crippen LogP contribution in [0.4, 0.5) is 0 Å². The zero-order chi connectivity index (χ0) is 19.1. The van der Waals surface area contributed by atoms with Crippen LogP contribution in [-0.4, -0.2) is 32.9 Å². The smallest absolute Gasteiger partial charge is 0.277 e. The van der Waals surface area contributed by atoms with Crippen molar-refractivity contribution >= 4 is 34.7 Å². The first-order chi connectivity index (χ1) is 12.5. The molecule has 0 radical (unpaired) electrons. The zero-order valence-electron chi connectivity index (χ0n) is 15.1. The van der Waals surface area contributed by atoms with Crippen molar-refractivity contribution in [3.8, 4) is 17.2 Å². The molecule has 0 aliphatic rings. The molecular weight excluding hydrogens is 447 g/mol. The average Bonchev–Trinajstić information content (AvgIpc) is 2.62. The molecular formula is C19H21IN2O4. The van der Waals surface area contributed by atoms with E-state index in [4.69, 9.17) is 14.2 Å². The monoisotopic (exact) mass is 468 g/mol. The van der Waals surface area contributed by atoms with Gasteiger partial charge in [0, 0.05) is 0 Å². The fourth-order valence-corrected chi connectivity index (χ4v) is 3.09. The number of nitrogens with zero attached hydrogens (tertiary/aromatic N) is 1. The van der Waals surface area contributed by atoms with Crippen molar-refractivity contribution in [1.29, 1.82) is 0 Å². The lowest BCUT2D eigenvalue weighted by Gasteiger charge is -2.10. The molecule has 7 heteroatoms. The fraction of sp³-hybridized carbons (Fsp3) is 0.263. The van der Waals surface area contributed by atoms with Gasteiger partial charge in [-0.25, -0.2) is 5.43 Å². The van der Waals surface area contributed by atoms with Crippen molar-refractivity contribution < 1.29 is 19.0 Å². The number of carbonyl (C=O) groups excluding carboxylic acids is 1. The van der Waals surface area contributed by atoms with Gasteiger partial charge in [-0.05, 0) is 71.3 Å². The lowest BCUT2D eigenvalue weighted by Crippen LogP contribution is -2.24. The number of hydrogen-bond acceptors (Lipinski definition) is 5. The quantitative estimate of drug-likeness (QED) is 0.384. The predicted octanol–water partition coefficient (Wildman–Crippen LogP) is 3.45. The molecule has 0 saturated heterocycles. The highest BCUT2D eigenvalue weighted by atomic mass is 127. The van der Waals surface area contributed by atoms with E-state index in [1.807, 2.05) is 38.1 Å². The summed E-state index contributed by atoms with van der Waals surface area (Å²) < 4.78 is 17.0. The maximum absolute atomic E-state index is 11.9. The van der Waals surface area contributed by atoms with E-state index in [1.54, 1.807) is 26.5 Å². The molecule has 0 spiro atoms. The standard InChI is InChI=1S/C19H21IN2O4/c1-12-6-5-7-16(13(12)2)26-11-18(23)22-21-10-14-8-15(20)19(25-4)17(9-14)24-3/h5-10H,11H2,1-4H3,(H,22,23). The Hall–Kier alpha value is -2.29. The maximum atomic E-state index is 11.9. The molecule has 0 aliphatic carbocycles. The summed E-state index contributed by atoms with van der Waals surface area (Å²) in [4.78, 5) is 11.9. The molecule has 0 atom stereocenters. The van der Waals surface area contributed by atoms with Gasteiger partial charge in [0.15, 0.2) is 18.1 Å². The Bertz CT molecular complexity index is 821. The van der Waals surface area contributed by atoms with E-state index in [0.717, 1.165) is 20.3 Å². The number of aryl methyl sites for hydroxylation is 1.